The molecule has 1 aromatic carbocycles. The van der Waals surface area contributed by atoms with Crippen molar-refractivity contribution in [2.75, 3.05) is 20.3 Å². The average Bonchev–Trinajstić information content (AvgIpc) is 2.64. The van der Waals surface area contributed by atoms with E-state index in [-0.39, 0.29) is 31.6 Å². The first kappa shape index (κ1) is 20.1. The topological polar surface area (TPSA) is 73.9 Å². The van der Waals surface area contributed by atoms with E-state index in [1.807, 2.05) is 0 Å². The molecule has 0 unspecified atom stereocenters. The number of benzene rings is 1. The number of amides is 1. The van der Waals surface area contributed by atoms with Gasteiger partial charge in [-0.25, -0.2) is 0 Å². The Morgan fingerprint density at radius 3 is 2.50 bits per heavy atom. The third-order valence-corrected chi connectivity index (χ3v) is 5.05. The van der Waals surface area contributed by atoms with Crippen LogP contribution in [0, 0.1) is 11.8 Å². The molecule has 1 saturated carbocycles. The summed E-state index contributed by atoms with van der Waals surface area (Å²) >= 11 is 0. The first-order valence-electron chi connectivity index (χ1n) is 9.21. The van der Waals surface area contributed by atoms with Gasteiger partial charge in [-0.2, -0.15) is 0 Å². The summed E-state index contributed by atoms with van der Waals surface area (Å²) in [6.07, 6.45) is 3.41. The van der Waals surface area contributed by atoms with Crippen molar-refractivity contribution in [1.82, 2.24) is 5.32 Å². The SMILES string of the molecule is COc1ccc(OCCC(=O)OCC(=O)N[C@@H]2CCC[C@@H](C)[C@H]2C)cc1. The quantitative estimate of drug-likeness (QED) is 0.719. The summed E-state index contributed by atoms with van der Waals surface area (Å²) in [6.45, 7) is 4.34. The predicted octanol–water partition coefficient (Wildman–Crippen LogP) is 2.95. The molecule has 6 nitrogen and oxygen atoms in total. The van der Waals surface area contributed by atoms with Gasteiger partial charge in [-0.1, -0.05) is 26.7 Å². The van der Waals surface area contributed by atoms with Gasteiger partial charge in [0, 0.05) is 6.04 Å². The van der Waals surface area contributed by atoms with E-state index < -0.39 is 5.97 Å². The molecule has 0 radical (unpaired) electrons. The predicted molar refractivity (Wildman–Crippen MR) is 98.2 cm³/mol. The molecule has 1 aromatic rings. The van der Waals surface area contributed by atoms with Crippen LogP contribution in [-0.2, 0) is 14.3 Å². The van der Waals surface area contributed by atoms with Gasteiger partial charge < -0.3 is 19.5 Å². The Labute approximate surface area is 155 Å². The van der Waals surface area contributed by atoms with E-state index in [0.29, 0.717) is 17.6 Å². The summed E-state index contributed by atoms with van der Waals surface area (Å²) in [5.41, 5.74) is 0. The smallest absolute Gasteiger partial charge is 0.309 e. The summed E-state index contributed by atoms with van der Waals surface area (Å²) in [5.74, 6) is 1.76. The summed E-state index contributed by atoms with van der Waals surface area (Å²) < 4.78 is 15.6. The minimum Gasteiger partial charge on any atom is -0.497 e. The van der Waals surface area contributed by atoms with Gasteiger partial charge in [0.05, 0.1) is 20.1 Å². The Morgan fingerprint density at radius 2 is 1.81 bits per heavy atom. The van der Waals surface area contributed by atoms with Gasteiger partial charge in [0.1, 0.15) is 11.5 Å². The zero-order valence-electron chi connectivity index (χ0n) is 15.8. The second-order valence-corrected chi connectivity index (χ2v) is 6.88. The minimum absolute atomic E-state index is 0.0934. The molecule has 1 aliphatic rings. The van der Waals surface area contributed by atoms with Crippen LogP contribution >= 0.6 is 0 Å². The number of nitrogens with one attached hydrogen (secondary N) is 1. The highest BCUT2D eigenvalue weighted by Crippen LogP contribution is 2.29. The number of carbonyl (C=O) groups excluding carboxylic acids is 2. The van der Waals surface area contributed by atoms with Crippen LogP contribution in [0.25, 0.3) is 0 Å². The highest BCUT2D eigenvalue weighted by molar-refractivity contribution is 5.80. The summed E-state index contributed by atoms with van der Waals surface area (Å²) in [4.78, 5) is 23.7. The number of carbonyl (C=O) groups is 2. The zero-order valence-corrected chi connectivity index (χ0v) is 15.8. The average molecular weight is 363 g/mol. The molecule has 2 rings (SSSR count). The fourth-order valence-corrected chi connectivity index (χ4v) is 3.18. The molecule has 1 N–H and O–H groups in total. The van der Waals surface area contributed by atoms with Gasteiger partial charge in [0.15, 0.2) is 6.61 Å². The van der Waals surface area contributed by atoms with Crippen molar-refractivity contribution in [2.45, 2.75) is 45.6 Å². The lowest BCUT2D eigenvalue weighted by atomic mass is 9.78. The van der Waals surface area contributed by atoms with Gasteiger partial charge in [-0.3, -0.25) is 9.59 Å². The van der Waals surface area contributed by atoms with Crippen LogP contribution in [0.15, 0.2) is 24.3 Å². The standard InChI is InChI=1S/C20H29NO5/c1-14-5-4-6-18(15(14)2)21-19(22)13-26-20(23)11-12-25-17-9-7-16(24-3)8-10-17/h7-10,14-15,18H,4-6,11-13H2,1-3H3,(H,21,22)/t14-,15-,18-/m1/s1. The molecule has 3 atom stereocenters. The zero-order chi connectivity index (χ0) is 18.9. The maximum absolute atomic E-state index is 12.0. The van der Waals surface area contributed by atoms with Crippen molar-refractivity contribution in [3.63, 3.8) is 0 Å². The van der Waals surface area contributed by atoms with Crippen LogP contribution in [0.5, 0.6) is 11.5 Å². The fraction of sp³-hybridized carbons (Fsp3) is 0.600. The molecule has 0 saturated heterocycles. The molecule has 26 heavy (non-hydrogen) atoms. The van der Waals surface area contributed by atoms with Gasteiger partial charge in [-0.15, -0.1) is 0 Å². The summed E-state index contributed by atoms with van der Waals surface area (Å²) in [7, 11) is 1.59. The Hall–Kier alpha value is -2.24. The van der Waals surface area contributed by atoms with E-state index in [4.69, 9.17) is 14.2 Å². The molecule has 0 bridgehead atoms. The van der Waals surface area contributed by atoms with E-state index >= 15 is 0 Å². The molecule has 0 aliphatic heterocycles. The maximum Gasteiger partial charge on any atom is 0.309 e. The normalized spacial score (nSPS) is 22.3. The molecule has 1 amide bonds. The van der Waals surface area contributed by atoms with Crippen LogP contribution in [0.1, 0.15) is 39.5 Å². The third-order valence-electron chi connectivity index (χ3n) is 5.05. The number of hydrogen-bond donors (Lipinski definition) is 1. The Bertz CT molecular complexity index is 586. The van der Waals surface area contributed by atoms with Crippen molar-refractivity contribution in [3.05, 3.63) is 24.3 Å². The summed E-state index contributed by atoms with van der Waals surface area (Å²) in [5, 5.41) is 2.99. The molecule has 1 fully saturated rings. The van der Waals surface area contributed by atoms with Gasteiger partial charge in [0.25, 0.3) is 5.91 Å². The van der Waals surface area contributed by atoms with Crippen molar-refractivity contribution in [1.29, 1.82) is 0 Å². The largest absolute Gasteiger partial charge is 0.497 e. The third kappa shape index (κ3) is 6.24. The lowest BCUT2D eigenvalue weighted by Gasteiger charge is -2.34. The van der Waals surface area contributed by atoms with Crippen molar-refractivity contribution in [3.8, 4) is 11.5 Å². The number of methoxy groups -OCH3 is 1. The molecule has 0 spiro atoms. The van der Waals surface area contributed by atoms with Crippen LogP contribution in [0.3, 0.4) is 0 Å². The van der Waals surface area contributed by atoms with E-state index in [0.717, 1.165) is 18.6 Å². The number of ether oxygens (including phenoxy) is 3. The summed E-state index contributed by atoms with van der Waals surface area (Å²) in [6, 6.07) is 7.27. The first-order chi connectivity index (χ1) is 12.5. The van der Waals surface area contributed by atoms with Crippen LogP contribution in [-0.4, -0.2) is 38.2 Å². The minimum atomic E-state index is -0.446. The van der Waals surface area contributed by atoms with Gasteiger partial charge in [-0.05, 0) is 42.5 Å². The van der Waals surface area contributed by atoms with Gasteiger partial charge >= 0.3 is 5.97 Å². The Balaban J connectivity index is 1.62. The van der Waals surface area contributed by atoms with Crippen LogP contribution in [0.2, 0.25) is 0 Å². The number of rotatable bonds is 8. The highest BCUT2D eigenvalue weighted by atomic mass is 16.5. The maximum atomic E-state index is 12.0. The van der Waals surface area contributed by atoms with Crippen molar-refractivity contribution < 1.29 is 23.8 Å². The lowest BCUT2D eigenvalue weighted by Crippen LogP contribution is -2.45. The van der Waals surface area contributed by atoms with Crippen molar-refractivity contribution >= 4 is 11.9 Å². The molecule has 1 aliphatic carbocycles. The van der Waals surface area contributed by atoms with E-state index in [1.54, 1.807) is 31.4 Å². The lowest BCUT2D eigenvalue weighted by molar-refractivity contribution is -0.149. The van der Waals surface area contributed by atoms with Gasteiger partial charge in [0.2, 0.25) is 0 Å². The molecule has 6 heteroatoms. The first-order valence-corrected chi connectivity index (χ1v) is 9.21. The molecule has 144 valence electrons. The van der Waals surface area contributed by atoms with E-state index in [9.17, 15) is 9.59 Å². The highest BCUT2D eigenvalue weighted by Gasteiger charge is 2.28. The second kappa shape index (κ2) is 10.0. The second-order valence-electron chi connectivity index (χ2n) is 6.88. The van der Waals surface area contributed by atoms with Crippen molar-refractivity contribution in [2.24, 2.45) is 11.8 Å². The fourth-order valence-electron chi connectivity index (χ4n) is 3.18. The van der Waals surface area contributed by atoms with Crippen LogP contribution in [0.4, 0.5) is 0 Å². The van der Waals surface area contributed by atoms with E-state index in [1.165, 1.54) is 6.42 Å². The van der Waals surface area contributed by atoms with E-state index in [2.05, 4.69) is 19.2 Å². The number of esters is 1. The molecule has 0 aromatic heterocycles. The van der Waals surface area contributed by atoms with Crippen LogP contribution < -0.4 is 14.8 Å². The molecule has 0 heterocycles. The molecular weight excluding hydrogens is 334 g/mol. The Morgan fingerprint density at radius 1 is 1.12 bits per heavy atom. The number of hydrogen-bond acceptors (Lipinski definition) is 5. The monoisotopic (exact) mass is 363 g/mol. The molecular formula is C20H29NO5. The Kier molecular flexibility index (Phi) is 7.75.